The van der Waals surface area contributed by atoms with E-state index in [2.05, 4.69) is 16.8 Å². The zero-order chi connectivity index (χ0) is 19.1. The number of nitrogens with zero attached hydrogens (tertiary/aromatic N) is 1. The van der Waals surface area contributed by atoms with Crippen LogP contribution in [0.5, 0.6) is 0 Å². The van der Waals surface area contributed by atoms with Crippen LogP contribution in [0.25, 0.3) is 0 Å². The van der Waals surface area contributed by atoms with Crippen LogP contribution in [-0.4, -0.2) is 35.8 Å². The van der Waals surface area contributed by atoms with Crippen LogP contribution in [0.1, 0.15) is 47.3 Å². The molecule has 3 rings (SSSR count). The van der Waals surface area contributed by atoms with Crippen LogP contribution >= 0.6 is 11.3 Å². The van der Waals surface area contributed by atoms with E-state index in [4.69, 9.17) is 5.73 Å². The number of carbonyl (C=O) groups excluding carboxylic acids is 2. The summed E-state index contributed by atoms with van der Waals surface area (Å²) in [5.74, 6) is -0.0205. The molecule has 0 aliphatic carbocycles. The lowest BCUT2D eigenvalue weighted by molar-refractivity contribution is -0.116. The van der Waals surface area contributed by atoms with Crippen molar-refractivity contribution in [1.82, 2.24) is 4.90 Å². The zero-order valence-corrected chi connectivity index (χ0v) is 16.3. The molecule has 0 saturated carbocycles. The molecule has 0 bridgehead atoms. The minimum absolute atomic E-state index is 0.000977. The molecule has 6 heteroatoms. The molecule has 1 aromatic carbocycles. The molecule has 1 atom stereocenters. The first-order valence-electron chi connectivity index (χ1n) is 9.60. The molecule has 1 unspecified atom stereocenters. The van der Waals surface area contributed by atoms with Crippen LogP contribution in [0.3, 0.4) is 0 Å². The van der Waals surface area contributed by atoms with Gasteiger partial charge in [0.2, 0.25) is 5.91 Å². The maximum Gasteiger partial charge on any atom is 0.254 e. The number of anilines is 1. The van der Waals surface area contributed by atoms with E-state index in [0.29, 0.717) is 24.2 Å². The van der Waals surface area contributed by atoms with Gasteiger partial charge in [-0.1, -0.05) is 12.1 Å². The Hall–Kier alpha value is -2.18. The molecule has 144 valence electrons. The number of hydrogen-bond acceptors (Lipinski definition) is 4. The van der Waals surface area contributed by atoms with Crippen molar-refractivity contribution in [1.29, 1.82) is 0 Å². The number of likely N-dealkylation sites (tertiary alicyclic amines) is 1. The van der Waals surface area contributed by atoms with Crippen LogP contribution in [-0.2, 0) is 11.2 Å². The molecule has 5 nitrogen and oxygen atoms in total. The summed E-state index contributed by atoms with van der Waals surface area (Å²) in [6.45, 7) is 1.24. The minimum Gasteiger partial charge on any atom is -0.334 e. The van der Waals surface area contributed by atoms with E-state index in [1.807, 2.05) is 23.1 Å². The number of nitrogens with two attached hydrogens (primary N) is 1. The third-order valence-corrected chi connectivity index (χ3v) is 5.90. The van der Waals surface area contributed by atoms with Crippen molar-refractivity contribution >= 4 is 28.8 Å². The normalized spacial score (nSPS) is 16.9. The number of piperidine rings is 1. The topological polar surface area (TPSA) is 75.4 Å². The quantitative estimate of drug-likeness (QED) is 0.764. The number of benzene rings is 1. The highest BCUT2D eigenvalue weighted by Crippen LogP contribution is 2.21. The van der Waals surface area contributed by atoms with Crippen LogP contribution in [0.15, 0.2) is 41.8 Å². The van der Waals surface area contributed by atoms with Gasteiger partial charge in [0.1, 0.15) is 0 Å². The SMILES string of the molecule is NCC1CCCCN1C(=O)c1cccc(NC(=O)CCCc2cccs2)c1. The van der Waals surface area contributed by atoms with Crippen LogP contribution < -0.4 is 11.1 Å². The summed E-state index contributed by atoms with van der Waals surface area (Å²) in [4.78, 5) is 28.2. The number of thiophene rings is 1. The van der Waals surface area contributed by atoms with Crippen molar-refractivity contribution in [2.45, 2.75) is 44.6 Å². The summed E-state index contributed by atoms with van der Waals surface area (Å²) >= 11 is 1.72. The van der Waals surface area contributed by atoms with Gasteiger partial charge in [0.15, 0.2) is 0 Å². The van der Waals surface area contributed by atoms with E-state index in [1.165, 1.54) is 4.88 Å². The summed E-state index contributed by atoms with van der Waals surface area (Å²) in [7, 11) is 0. The van der Waals surface area contributed by atoms with Crippen molar-refractivity contribution in [3.63, 3.8) is 0 Å². The van der Waals surface area contributed by atoms with Gasteiger partial charge in [-0.2, -0.15) is 0 Å². The molecule has 3 N–H and O–H groups in total. The summed E-state index contributed by atoms with van der Waals surface area (Å²) in [6.07, 6.45) is 5.30. The second kappa shape index (κ2) is 9.67. The molecule has 1 aliphatic heterocycles. The fourth-order valence-corrected chi connectivity index (χ4v) is 4.26. The Kier molecular flexibility index (Phi) is 7.01. The summed E-state index contributed by atoms with van der Waals surface area (Å²) in [5, 5.41) is 4.97. The van der Waals surface area contributed by atoms with E-state index < -0.39 is 0 Å². The molecule has 2 heterocycles. The fourth-order valence-electron chi connectivity index (χ4n) is 3.51. The van der Waals surface area contributed by atoms with E-state index in [9.17, 15) is 9.59 Å². The molecule has 0 radical (unpaired) electrons. The van der Waals surface area contributed by atoms with E-state index in [-0.39, 0.29) is 17.9 Å². The fraction of sp³-hybridized carbons (Fsp3) is 0.429. The molecule has 2 amide bonds. The van der Waals surface area contributed by atoms with Gasteiger partial charge in [0.25, 0.3) is 5.91 Å². The molecule has 1 saturated heterocycles. The number of hydrogen-bond donors (Lipinski definition) is 2. The first-order valence-corrected chi connectivity index (χ1v) is 10.5. The highest BCUT2D eigenvalue weighted by molar-refractivity contribution is 7.09. The Bertz CT molecular complexity index is 761. The molecule has 1 aliphatic rings. The van der Waals surface area contributed by atoms with E-state index >= 15 is 0 Å². The van der Waals surface area contributed by atoms with Gasteiger partial charge in [-0.3, -0.25) is 9.59 Å². The first kappa shape index (κ1) is 19.6. The number of aryl methyl sites for hydroxylation is 1. The number of rotatable bonds is 7. The largest absolute Gasteiger partial charge is 0.334 e. The van der Waals surface area contributed by atoms with Gasteiger partial charge in [0, 0.05) is 41.7 Å². The average molecular weight is 386 g/mol. The van der Waals surface area contributed by atoms with Crippen LogP contribution in [0.4, 0.5) is 5.69 Å². The zero-order valence-electron chi connectivity index (χ0n) is 15.5. The van der Waals surface area contributed by atoms with Crippen molar-refractivity contribution in [2.75, 3.05) is 18.4 Å². The van der Waals surface area contributed by atoms with Gasteiger partial charge in [-0.05, 0) is 61.7 Å². The smallest absolute Gasteiger partial charge is 0.254 e. The summed E-state index contributed by atoms with van der Waals surface area (Å²) in [6, 6.07) is 11.4. The highest BCUT2D eigenvalue weighted by Gasteiger charge is 2.26. The molecule has 27 heavy (non-hydrogen) atoms. The predicted octanol–water partition coefficient (Wildman–Crippen LogP) is 3.66. The molecule has 1 aromatic heterocycles. The van der Waals surface area contributed by atoms with Crippen molar-refractivity contribution in [2.24, 2.45) is 5.73 Å². The van der Waals surface area contributed by atoms with Crippen molar-refractivity contribution < 1.29 is 9.59 Å². The van der Waals surface area contributed by atoms with Crippen molar-refractivity contribution in [3.8, 4) is 0 Å². The lowest BCUT2D eigenvalue weighted by atomic mass is 10.0. The lowest BCUT2D eigenvalue weighted by Crippen LogP contribution is -2.47. The highest BCUT2D eigenvalue weighted by atomic mass is 32.1. The second-order valence-electron chi connectivity index (χ2n) is 6.95. The number of amides is 2. The minimum atomic E-state index is -0.0195. The van der Waals surface area contributed by atoms with E-state index in [0.717, 1.165) is 38.6 Å². The third-order valence-electron chi connectivity index (χ3n) is 4.96. The van der Waals surface area contributed by atoms with Crippen LogP contribution in [0.2, 0.25) is 0 Å². The van der Waals surface area contributed by atoms with Gasteiger partial charge in [-0.25, -0.2) is 0 Å². The molecule has 1 fully saturated rings. The van der Waals surface area contributed by atoms with Gasteiger partial charge in [-0.15, -0.1) is 11.3 Å². The predicted molar refractivity (Wildman–Crippen MR) is 110 cm³/mol. The monoisotopic (exact) mass is 385 g/mol. The Morgan fingerprint density at radius 3 is 2.89 bits per heavy atom. The van der Waals surface area contributed by atoms with Gasteiger partial charge >= 0.3 is 0 Å². The maximum absolute atomic E-state index is 12.9. The standard InChI is InChI=1S/C21H27N3O2S/c22-15-18-8-1-2-12-24(18)21(26)16-6-3-7-17(14-16)23-20(25)11-4-9-19-10-5-13-27-19/h3,5-7,10,13-14,18H,1-2,4,8-9,11-12,15,22H2,(H,23,25). The Labute approximate surface area is 164 Å². The maximum atomic E-state index is 12.9. The van der Waals surface area contributed by atoms with E-state index in [1.54, 1.807) is 23.5 Å². The second-order valence-corrected chi connectivity index (χ2v) is 7.98. The number of carbonyl (C=O) groups is 2. The third kappa shape index (κ3) is 5.40. The summed E-state index contributed by atoms with van der Waals surface area (Å²) in [5.41, 5.74) is 7.11. The Balaban J connectivity index is 1.56. The summed E-state index contributed by atoms with van der Waals surface area (Å²) < 4.78 is 0. The molecular formula is C21H27N3O2S. The number of nitrogens with one attached hydrogen (secondary N) is 1. The Morgan fingerprint density at radius 2 is 2.11 bits per heavy atom. The van der Waals surface area contributed by atoms with Crippen molar-refractivity contribution in [3.05, 3.63) is 52.2 Å². The molecular weight excluding hydrogens is 358 g/mol. The average Bonchev–Trinajstić information content (AvgIpc) is 3.21. The first-order chi connectivity index (χ1) is 13.2. The van der Waals surface area contributed by atoms with Gasteiger partial charge in [0.05, 0.1) is 0 Å². The Morgan fingerprint density at radius 1 is 1.22 bits per heavy atom. The molecule has 0 spiro atoms. The van der Waals surface area contributed by atoms with Crippen LogP contribution in [0, 0.1) is 0 Å². The lowest BCUT2D eigenvalue weighted by Gasteiger charge is -2.35. The van der Waals surface area contributed by atoms with Gasteiger partial charge < -0.3 is 16.0 Å². The molecule has 2 aromatic rings.